The normalized spacial score (nSPS) is 12.0. The van der Waals surface area contributed by atoms with Crippen LogP contribution < -0.4 is 10.2 Å². The van der Waals surface area contributed by atoms with Crippen molar-refractivity contribution in [3.63, 3.8) is 0 Å². The summed E-state index contributed by atoms with van der Waals surface area (Å²) in [5, 5.41) is 11.8. The molecule has 21 heavy (non-hydrogen) atoms. The summed E-state index contributed by atoms with van der Waals surface area (Å²) in [5.41, 5.74) is 1.77. The van der Waals surface area contributed by atoms with Gasteiger partial charge in [-0.05, 0) is 37.8 Å². The highest BCUT2D eigenvalue weighted by molar-refractivity contribution is 5.95. The lowest BCUT2D eigenvalue weighted by atomic mass is 10.0. The van der Waals surface area contributed by atoms with Gasteiger partial charge < -0.3 is 10.4 Å². The number of carboxylic acid groups (broad SMARTS) is 1. The number of rotatable bonds is 6. The second-order valence-corrected chi connectivity index (χ2v) is 5.50. The van der Waals surface area contributed by atoms with Crippen LogP contribution in [0.3, 0.4) is 0 Å². The minimum absolute atomic E-state index is 0.194. The van der Waals surface area contributed by atoms with Crippen molar-refractivity contribution in [3.8, 4) is 0 Å². The summed E-state index contributed by atoms with van der Waals surface area (Å²) < 4.78 is 0. The summed E-state index contributed by atoms with van der Waals surface area (Å²) in [5.74, 6) is -0.808. The van der Waals surface area contributed by atoms with Crippen molar-refractivity contribution in [3.05, 3.63) is 29.8 Å². The second-order valence-electron chi connectivity index (χ2n) is 5.50. The number of nitrogens with one attached hydrogen (secondary N) is 1. The van der Waals surface area contributed by atoms with Crippen molar-refractivity contribution in [1.82, 2.24) is 5.32 Å². The minimum atomic E-state index is -1.00. The molecule has 0 aliphatic carbocycles. The van der Waals surface area contributed by atoms with Gasteiger partial charge in [0, 0.05) is 12.2 Å². The topological polar surface area (TPSA) is 69.6 Å². The summed E-state index contributed by atoms with van der Waals surface area (Å²) in [6, 6.07) is 6.31. The molecule has 0 unspecified atom stereocenters. The van der Waals surface area contributed by atoms with Gasteiger partial charge in [0.2, 0.25) is 0 Å². The van der Waals surface area contributed by atoms with Crippen LogP contribution in [0.1, 0.15) is 32.8 Å². The zero-order chi connectivity index (χ0) is 16.0. The van der Waals surface area contributed by atoms with Gasteiger partial charge in [0.15, 0.2) is 0 Å². The first-order valence-electron chi connectivity index (χ1n) is 7.23. The van der Waals surface area contributed by atoms with Crippen molar-refractivity contribution < 1.29 is 14.7 Å². The molecule has 0 heterocycles. The van der Waals surface area contributed by atoms with Crippen molar-refractivity contribution in [2.24, 2.45) is 5.92 Å². The highest BCUT2D eigenvalue weighted by atomic mass is 16.4. The van der Waals surface area contributed by atoms with Gasteiger partial charge in [-0.3, -0.25) is 4.90 Å². The van der Waals surface area contributed by atoms with E-state index in [0.717, 1.165) is 11.3 Å². The van der Waals surface area contributed by atoms with Gasteiger partial charge in [0.1, 0.15) is 6.04 Å². The molecule has 0 saturated carbocycles. The van der Waals surface area contributed by atoms with E-state index < -0.39 is 12.0 Å². The van der Waals surface area contributed by atoms with Crippen LogP contribution in [0.2, 0.25) is 0 Å². The Balaban J connectivity index is 2.88. The van der Waals surface area contributed by atoms with E-state index in [2.05, 4.69) is 5.32 Å². The van der Waals surface area contributed by atoms with Gasteiger partial charge in [-0.25, -0.2) is 9.59 Å². The second kappa shape index (κ2) is 7.67. The number of benzene rings is 1. The Hall–Kier alpha value is -2.04. The molecule has 0 aromatic heterocycles. The Labute approximate surface area is 126 Å². The molecule has 0 saturated heterocycles. The summed E-state index contributed by atoms with van der Waals surface area (Å²) in [4.78, 5) is 25.2. The first kappa shape index (κ1) is 17.0. The van der Waals surface area contributed by atoms with Gasteiger partial charge in [0.05, 0.1) is 0 Å². The Bertz CT molecular complexity index is 500. The summed E-state index contributed by atoms with van der Waals surface area (Å²) in [6.45, 7) is 8.13. The Morgan fingerprint density at radius 3 is 2.38 bits per heavy atom. The van der Waals surface area contributed by atoms with Gasteiger partial charge in [-0.1, -0.05) is 32.0 Å². The first-order chi connectivity index (χ1) is 9.86. The predicted octanol–water partition coefficient (Wildman–Crippen LogP) is 3.03. The van der Waals surface area contributed by atoms with E-state index in [4.69, 9.17) is 0 Å². The average molecular weight is 292 g/mol. The number of aliphatic carboxylic acids is 1. The lowest BCUT2D eigenvalue weighted by molar-refractivity contribution is -0.139. The molecule has 1 aromatic rings. The van der Waals surface area contributed by atoms with Crippen LogP contribution in [-0.4, -0.2) is 29.7 Å². The zero-order valence-electron chi connectivity index (χ0n) is 13.1. The Morgan fingerprint density at radius 1 is 1.29 bits per heavy atom. The number of carbonyl (C=O) groups is 2. The largest absolute Gasteiger partial charge is 0.480 e. The molecule has 2 N–H and O–H groups in total. The average Bonchev–Trinajstić information content (AvgIpc) is 2.40. The number of anilines is 1. The van der Waals surface area contributed by atoms with E-state index in [-0.39, 0.29) is 11.9 Å². The number of amides is 2. The maximum atomic E-state index is 12.4. The number of para-hydroxylation sites is 1. The number of carboxylic acids is 1. The third-order valence-electron chi connectivity index (χ3n) is 3.27. The molecule has 0 fully saturated rings. The zero-order valence-corrected chi connectivity index (χ0v) is 13.1. The third-order valence-corrected chi connectivity index (χ3v) is 3.27. The molecule has 2 amide bonds. The smallest absolute Gasteiger partial charge is 0.326 e. The van der Waals surface area contributed by atoms with E-state index in [9.17, 15) is 14.7 Å². The van der Waals surface area contributed by atoms with E-state index in [1.807, 2.05) is 52.0 Å². The van der Waals surface area contributed by atoms with Gasteiger partial charge in [0.25, 0.3) is 0 Å². The summed E-state index contributed by atoms with van der Waals surface area (Å²) in [6.07, 6.45) is 0.409. The maximum absolute atomic E-state index is 12.4. The standard InChI is InChI=1S/C16H24N2O3/c1-5-18(14-9-7-6-8-12(14)4)16(21)17-13(15(19)20)10-11(2)3/h6-9,11,13H,5,10H2,1-4H3,(H,17,21)(H,19,20)/t13-/m1/s1. The first-order valence-corrected chi connectivity index (χ1v) is 7.23. The van der Waals surface area contributed by atoms with Gasteiger partial charge >= 0.3 is 12.0 Å². The highest BCUT2D eigenvalue weighted by Crippen LogP contribution is 2.19. The predicted molar refractivity (Wildman–Crippen MR) is 83.6 cm³/mol. The molecule has 1 rings (SSSR count). The van der Waals surface area contributed by atoms with E-state index in [1.54, 1.807) is 4.90 Å². The lowest BCUT2D eigenvalue weighted by Gasteiger charge is -2.26. The van der Waals surface area contributed by atoms with E-state index in [1.165, 1.54) is 0 Å². The molecule has 0 spiro atoms. The Kier molecular flexibility index (Phi) is 6.21. The molecular formula is C16H24N2O3. The van der Waals surface area contributed by atoms with Crippen LogP contribution in [0.25, 0.3) is 0 Å². The third kappa shape index (κ3) is 4.77. The molecule has 1 aromatic carbocycles. The fourth-order valence-corrected chi connectivity index (χ4v) is 2.21. The van der Waals surface area contributed by atoms with Crippen molar-refractivity contribution in [2.75, 3.05) is 11.4 Å². The molecule has 5 nitrogen and oxygen atoms in total. The van der Waals surface area contributed by atoms with Crippen molar-refractivity contribution in [1.29, 1.82) is 0 Å². The number of carbonyl (C=O) groups excluding carboxylic acids is 1. The van der Waals surface area contributed by atoms with Crippen LogP contribution in [-0.2, 0) is 4.79 Å². The van der Waals surface area contributed by atoms with E-state index in [0.29, 0.717) is 13.0 Å². The highest BCUT2D eigenvalue weighted by Gasteiger charge is 2.24. The van der Waals surface area contributed by atoms with E-state index >= 15 is 0 Å². The molecule has 0 aliphatic rings. The molecule has 1 atom stereocenters. The molecule has 116 valence electrons. The number of aryl methyl sites for hydroxylation is 1. The van der Waals surface area contributed by atoms with Crippen LogP contribution >= 0.6 is 0 Å². The quantitative estimate of drug-likeness (QED) is 0.846. The molecule has 0 radical (unpaired) electrons. The number of urea groups is 1. The number of nitrogens with zero attached hydrogens (tertiary/aromatic N) is 1. The van der Waals surface area contributed by atoms with Crippen LogP contribution in [0.5, 0.6) is 0 Å². The van der Waals surface area contributed by atoms with Gasteiger partial charge in [-0.15, -0.1) is 0 Å². The maximum Gasteiger partial charge on any atom is 0.326 e. The monoisotopic (exact) mass is 292 g/mol. The van der Waals surface area contributed by atoms with Gasteiger partial charge in [-0.2, -0.15) is 0 Å². The Morgan fingerprint density at radius 2 is 1.90 bits per heavy atom. The summed E-state index contributed by atoms with van der Waals surface area (Å²) in [7, 11) is 0. The van der Waals surface area contributed by atoms with Crippen molar-refractivity contribution >= 4 is 17.7 Å². The lowest BCUT2D eigenvalue weighted by Crippen LogP contribution is -2.48. The number of hydrogen-bond donors (Lipinski definition) is 2. The molecule has 0 aliphatic heterocycles. The molecular weight excluding hydrogens is 268 g/mol. The van der Waals surface area contributed by atoms with Crippen molar-refractivity contribution in [2.45, 2.75) is 40.2 Å². The SMILES string of the molecule is CCN(C(=O)N[C@H](CC(C)C)C(=O)O)c1ccccc1C. The number of hydrogen-bond acceptors (Lipinski definition) is 2. The fraction of sp³-hybridized carbons (Fsp3) is 0.500. The van der Waals surface area contributed by atoms with Crippen LogP contribution in [0.15, 0.2) is 24.3 Å². The summed E-state index contributed by atoms with van der Waals surface area (Å²) >= 11 is 0. The van der Waals surface area contributed by atoms with Crippen LogP contribution in [0.4, 0.5) is 10.5 Å². The van der Waals surface area contributed by atoms with Crippen LogP contribution in [0, 0.1) is 12.8 Å². The molecule has 5 heteroatoms. The fourth-order valence-electron chi connectivity index (χ4n) is 2.21. The minimum Gasteiger partial charge on any atom is -0.480 e. The molecule has 0 bridgehead atoms.